The van der Waals surface area contributed by atoms with Gasteiger partial charge in [0.05, 0.1) is 0 Å². The zero-order chi connectivity index (χ0) is 17.0. The van der Waals surface area contributed by atoms with E-state index in [0.717, 1.165) is 22.7 Å². The first kappa shape index (κ1) is 12.7. The Morgan fingerprint density at radius 1 is 0.500 bits per heavy atom. The lowest BCUT2D eigenvalue weighted by atomic mass is 9.21. The number of hydrogen-bond donors (Lipinski definition) is 1. The highest BCUT2D eigenvalue weighted by Gasteiger charge is 3.04. The van der Waals surface area contributed by atoms with E-state index < -0.39 is 0 Å². The molecule has 1 heteroatoms. The Balaban J connectivity index is 1.00. The smallest absolute Gasteiger partial charge is 0.00732 e. The summed E-state index contributed by atoms with van der Waals surface area (Å²) in [5.74, 6) is 24.7. The average molecular weight is 370 g/mol. The molecule has 0 amide bonds. The van der Waals surface area contributed by atoms with Crippen molar-refractivity contribution in [3.05, 3.63) is 0 Å². The molecule has 0 bridgehead atoms. The van der Waals surface area contributed by atoms with Crippen molar-refractivity contribution >= 4 is 0 Å². The molecule has 13 aliphatic carbocycles. The van der Waals surface area contributed by atoms with Crippen LogP contribution >= 0.6 is 0 Å². The van der Waals surface area contributed by atoms with Crippen LogP contribution in [0.1, 0.15) is 25.7 Å². The summed E-state index contributed by atoms with van der Waals surface area (Å²) in [6.45, 7) is 0. The quantitative estimate of drug-likeness (QED) is 0.696. The van der Waals surface area contributed by atoms with Gasteiger partial charge in [0.2, 0.25) is 0 Å². The predicted molar refractivity (Wildman–Crippen MR) is 101 cm³/mol. The summed E-state index contributed by atoms with van der Waals surface area (Å²) in [5.41, 5.74) is 8.86. The fourth-order valence-corrected chi connectivity index (χ4v) is 16.9. The van der Waals surface area contributed by atoms with Gasteiger partial charge in [-0.3, -0.25) is 0 Å². The topological polar surface area (TPSA) is 26.0 Å². The zero-order valence-electron chi connectivity index (χ0n) is 16.5. The third-order valence-corrected chi connectivity index (χ3v) is 16.6. The van der Waals surface area contributed by atoms with Crippen LogP contribution in [-0.4, -0.2) is 6.04 Å². The summed E-state index contributed by atoms with van der Waals surface area (Å²) in [6.07, 6.45) is 6.37. The molecule has 0 aliphatic heterocycles. The van der Waals surface area contributed by atoms with E-state index >= 15 is 0 Å². The standard InChI is InChI=1S/C27H31N/c28-9-1-2-26-19-12-7-3-5(7)10(12)15(19)20(26)18-24(26)25(18)27-21-13-8-4-6(8)11(13)16(21)23(27)17-14(9)22(17)27/h5-25H,1-4,28H2. The third kappa shape index (κ3) is 0.739. The fourth-order valence-electron chi connectivity index (χ4n) is 16.9. The third-order valence-electron chi connectivity index (χ3n) is 16.6. The average Bonchev–Trinajstić information content (AvgIpc) is 3.49. The Kier molecular flexibility index (Phi) is 1.32. The minimum Gasteiger partial charge on any atom is -0.327 e. The van der Waals surface area contributed by atoms with Gasteiger partial charge in [-0.05, 0) is 155 Å². The second kappa shape index (κ2) is 2.91. The first-order valence-electron chi connectivity index (χ1n) is 13.6. The zero-order valence-corrected chi connectivity index (χ0v) is 16.5. The van der Waals surface area contributed by atoms with Gasteiger partial charge < -0.3 is 5.73 Å². The van der Waals surface area contributed by atoms with E-state index in [2.05, 4.69) is 0 Å². The van der Waals surface area contributed by atoms with Gasteiger partial charge in [0.15, 0.2) is 0 Å². The Labute approximate surface area is 166 Å². The molecule has 0 radical (unpaired) electrons. The lowest BCUT2D eigenvalue weighted by molar-refractivity contribution is -0.366. The molecule has 2 spiro atoms. The molecule has 0 aromatic heterocycles. The van der Waals surface area contributed by atoms with Crippen LogP contribution in [0.5, 0.6) is 0 Å². The van der Waals surface area contributed by atoms with Gasteiger partial charge in [0.1, 0.15) is 0 Å². The van der Waals surface area contributed by atoms with Gasteiger partial charge in [0.25, 0.3) is 0 Å². The molecule has 13 aliphatic rings. The van der Waals surface area contributed by atoms with Crippen molar-refractivity contribution in [2.24, 2.45) is 135 Å². The van der Waals surface area contributed by atoms with Crippen LogP contribution in [0.2, 0.25) is 0 Å². The summed E-state index contributed by atoms with van der Waals surface area (Å²) < 4.78 is 0. The molecule has 2 N–H and O–H groups in total. The van der Waals surface area contributed by atoms with Crippen molar-refractivity contribution < 1.29 is 0 Å². The summed E-state index contributed by atoms with van der Waals surface area (Å²) in [5, 5.41) is 0. The van der Waals surface area contributed by atoms with Crippen LogP contribution in [0.25, 0.3) is 0 Å². The van der Waals surface area contributed by atoms with E-state index in [1.807, 2.05) is 0 Å². The normalized spacial score (nSPS) is 98.2. The Morgan fingerprint density at radius 3 is 1.89 bits per heavy atom. The first-order chi connectivity index (χ1) is 13.8. The van der Waals surface area contributed by atoms with E-state index in [1.165, 1.54) is 113 Å². The van der Waals surface area contributed by atoms with Crippen LogP contribution in [0.3, 0.4) is 0 Å². The van der Waals surface area contributed by atoms with Crippen molar-refractivity contribution in [1.82, 2.24) is 0 Å². The van der Waals surface area contributed by atoms with Crippen LogP contribution in [0.4, 0.5) is 0 Å². The van der Waals surface area contributed by atoms with Crippen molar-refractivity contribution in [2.75, 3.05) is 0 Å². The maximum absolute atomic E-state index is 7.03. The van der Waals surface area contributed by atoms with Crippen molar-refractivity contribution in [2.45, 2.75) is 31.7 Å². The molecule has 23 unspecified atom stereocenters. The van der Waals surface area contributed by atoms with Gasteiger partial charge in [0, 0.05) is 6.04 Å². The second-order valence-electron chi connectivity index (χ2n) is 15.3. The lowest BCUT2D eigenvalue weighted by Crippen LogP contribution is -2.80. The molecule has 13 rings (SSSR count). The lowest BCUT2D eigenvalue weighted by Gasteiger charge is -2.83. The molecule has 13 saturated carbocycles. The van der Waals surface area contributed by atoms with Crippen LogP contribution in [0.15, 0.2) is 0 Å². The SMILES string of the molecule is NC1CCC23C4C5C6CC6C5C4C2C2C3C2C23C4C1C4C2C1C2C4CC4C2C13. The van der Waals surface area contributed by atoms with Crippen LogP contribution in [-0.2, 0) is 0 Å². The van der Waals surface area contributed by atoms with Gasteiger partial charge in [-0.1, -0.05) is 0 Å². The van der Waals surface area contributed by atoms with E-state index in [0.29, 0.717) is 6.04 Å². The molecular weight excluding hydrogens is 338 g/mol. The molecule has 28 heavy (non-hydrogen) atoms. The monoisotopic (exact) mass is 369 g/mol. The molecule has 0 heterocycles. The Hall–Kier alpha value is -0.0400. The highest BCUT2D eigenvalue weighted by atomic mass is 15.1. The molecule has 23 atom stereocenters. The van der Waals surface area contributed by atoms with Gasteiger partial charge in [-0.2, -0.15) is 0 Å². The summed E-state index contributed by atoms with van der Waals surface area (Å²) in [6, 6.07) is 0.612. The van der Waals surface area contributed by atoms with Crippen molar-refractivity contribution in [3.8, 4) is 0 Å². The largest absolute Gasteiger partial charge is 0.327 e. The number of nitrogens with two attached hydrogens (primary N) is 1. The van der Waals surface area contributed by atoms with Gasteiger partial charge >= 0.3 is 0 Å². The Bertz CT molecular complexity index is 1000. The molecule has 0 aromatic rings. The van der Waals surface area contributed by atoms with Crippen molar-refractivity contribution in [3.63, 3.8) is 0 Å². The van der Waals surface area contributed by atoms with Crippen molar-refractivity contribution in [1.29, 1.82) is 0 Å². The molecule has 0 saturated heterocycles. The minimum atomic E-state index is 0.612. The van der Waals surface area contributed by atoms with Crippen LogP contribution in [0, 0.1) is 129 Å². The van der Waals surface area contributed by atoms with E-state index in [4.69, 9.17) is 5.73 Å². The second-order valence-corrected chi connectivity index (χ2v) is 15.3. The predicted octanol–water partition coefficient (Wildman–Crippen LogP) is 3.35. The summed E-state index contributed by atoms with van der Waals surface area (Å²) in [4.78, 5) is 0. The molecule has 144 valence electrons. The van der Waals surface area contributed by atoms with Gasteiger partial charge in [-0.15, -0.1) is 0 Å². The first-order valence-corrected chi connectivity index (χ1v) is 13.6. The summed E-state index contributed by atoms with van der Waals surface area (Å²) >= 11 is 0. The number of fused-ring (bicyclic) bond motifs is 20. The highest BCUT2D eigenvalue weighted by Crippen LogP contribution is 3.06. The fraction of sp³-hybridized carbons (Fsp3) is 1.00. The van der Waals surface area contributed by atoms with E-state index in [1.54, 1.807) is 19.3 Å². The highest BCUT2D eigenvalue weighted by molar-refractivity contribution is 5.50. The molecule has 13 fully saturated rings. The van der Waals surface area contributed by atoms with E-state index in [-0.39, 0.29) is 0 Å². The molecular formula is C27H31N. The number of hydrogen-bond acceptors (Lipinski definition) is 1. The molecule has 0 aromatic carbocycles. The molecule has 1 nitrogen and oxygen atoms in total. The van der Waals surface area contributed by atoms with Crippen LogP contribution < -0.4 is 5.73 Å². The van der Waals surface area contributed by atoms with E-state index in [9.17, 15) is 0 Å². The maximum Gasteiger partial charge on any atom is 0.00732 e. The number of rotatable bonds is 0. The Morgan fingerprint density at radius 2 is 1.07 bits per heavy atom. The summed E-state index contributed by atoms with van der Waals surface area (Å²) in [7, 11) is 0. The minimum absolute atomic E-state index is 0.612. The maximum atomic E-state index is 7.03. The van der Waals surface area contributed by atoms with Gasteiger partial charge in [-0.25, -0.2) is 0 Å².